The van der Waals surface area contributed by atoms with E-state index in [0.29, 0.717) is 11.5 Å². The molecule has 4 heteroatoms. The summed E-state index contributed by atoms with van der Waals surface area (Å²) in [6.45, 7) is 0.195. The number of carboxylic acids is 1. The first-order valence-electron chi connectivity index (χ1n) is 7.76. The number of benzene rings is 1. The van der Waals surface area contributed by atoms with Gasteiger partial charge in [-0.3, -0.25) is 0 Å². The van der Waals surface area contributed by atoms with Crippen molar-refractivity contribution in [3.05, 3.63) is 53.5 Å². The molecule has 1 heterocycles. The number of carbonyl (C=O) groups is 1. The van der Waals surface area contributed by atoms with Crippen LogP contribution in [0.1, 0.15) is 59.7 Å². The van der Waals surface area contributed by atoms with Gasteiger partial charge in [-0.25, -0.2) is 4.79 Å². The van der Waals surface area contributed by atoms with E-state index in [2.05, 4.69) is 12.1 Å². The molecule has 1 aliphatic carbocycles. The Kier molecular flexibility index (Phi) is 4.47. The van der Waals surface area contributed by atoms with Crippen LogP contribution in [0, 0.1) is 0 Å². The third kappa shape index (κ3) is 3.32. The van der Waals surface area contributed by atoms with Crippen LogP contribution in [0.2, 0.25) is 0 Å². The third-order valence-electron chi connectivity index (χ3n) is 4.29. The summed E-state index contributed by atoms with van der Waals surface area (Å²) in [5.41, 5.74) is 1.92. The second-order valence-electron chi connectivity index (χ2n) is 5.77. The molecule has 1 fully saturated rings. The predicted molar refractivity (Wildman–Crippen MR) is 82.3 cm³/mol. The maximum absolute atomic E-state index is 11.0. The summed E-state index contributed by atoms with van der Waals surface area (Å²) < 4.78 is 10.6. The van der Waals surface area contributed by atoms with Crippen molar-refractivity contribution in [2.45, 2.75) is 44.6 Å². The van der Waals surface area contributed by atoms with Crippen molar-refractivity contribution in [1.29, 1.82) is 0 Å². The van der Waals surface area contributed by atoms with Gasteiger partial charge in [-0.15, -0.1) is 0 Å². The zero-order chi connectivity index (χ0) is 15.4. The van der Waals surface area contributed by atoms with Crippen LogP contribution in [-0.2, 0) is 6.61 Å². The molecule has 0 unspecified atom stereocenters. The molecule has 1 aromatic heterocycles. The lowest BCUT2D eigenvalue weighted by molar-refractivity contribution is 0.0658. The van der Waals surface area contributed by atoms with Gasteiger partial charge in [0.05, 0.1) is 6.26 Å². The zero-order valence-corrected chi connectivity index (χ0v) is 12.5. The molecule has 0 atom stereocenters. The minimum absolute atomic E-state index is 0.0566. The minimum atomic E-state index is -1.07. The van der Waals surface area contributed by atoms with Crippen LogP contribution in [0.3, 0.4) is 0 Å². The number of hydrogen-bond donors (Lipinski definition) is 1. The fraction of sp³-hybridized carbons (Fsp3) is 0.389. The Morgan fingerprint density at radius 2 is 1.86 bits per heavy atom. The van der Waals surface area contributed by atoms with Gasteiger partial charge in [0.15, 0.2) is 0 Å². The van der Waals surface area contributed by atoms with E-state index in [1.807, 2.05) is 12.1 Å². The molecule has 1 N–H and O–H groups in total. The molecule has 2 aromatic rings. The second-order valence-corrected chi connectivity index (χ2v) is 5.77. The highest BCUT2D eigenvalue weighted by Crippen LogP contribution is 2.33. The van der Waals surface area contributed by atoms with Crippen molar-refractivity contribution in [2.24, 2.45) is 0 Å². The molecule has 22 heavy (non-hydrogen) atoms. The molecule has 0 aliphatic heterocycles. The summed E-state index contributed by atoms with van der Waals surface area (Å²) in [6, 6.07) is 9.80. The van der Waals surface area contributed by atoms with Gasteiger partial charge in [0.1, 0.15) is 12.4 Å². The van der Waals surface area contributed by atoms with E-state index in [4.69, 9.17) is 14.3 Å². The van der Waals surface area contributed by atoms with E-state index in [1.54, 1.807) is 6.07 Å². The molecule has 4 nitrogen and oxygen atoms in total. The maximum atomic E-state index is 11.0. The molecule has 0 radical (unpaired) electrons. The number of hydrogen-bond acceptors (Lipinski definition) is 3. The zero-order valence-electron chi connectivity index (χ0n) is 12.5. The van der Waals surface area contributed by atoms with Gasteiger partial charge in [0.2, 0.25) is 5.76 Å². The number of rotatable bonds is 5. The van der Waals surface area contributed by atoms with Crippen LogP contribution in [0.5, 0.6) is 5.75 Å². The van der Waals surface area contributed by atoms with E-state index in [9.17, 15) is 4.79 Å². The van der Waals surface area contributed by atoms with Crippen molar-refractivity contribution in [1.82, 2.24) is 0 Å². The summed E-state index contributed by atoms with van der Waals surface area (Å²) in [7, 11) is 0. The van der Waals surface area contributed by atoms with Crippen molar-refractivity contribution >= 4 is 5.97 Å². The van der Waals surface area contributed by atoms with Gasteiger partial charge in [-0.2, -0.15) is 0 Å². The van der Waals surface area contributed by atoms with E-state index in [-0.39, 0.29) is 12.4 Å². The number of aromatic carboxylic acids is 1. The highest BCUT2D eigenvalue weighted by Gasteiger charge is 2.16. The smallest absolute Gasteiger partial charge is 0.372 e. The minimum Gasteiger partial charge on any atom is -0.489 e. The lowest BCUT2D eigenvalue weighted by Crippen LogP contribution is -2.05. The van der Waals surface area contributed by atoms with E-state index >= 15 is 0 Å². The molecular formula is C18H20O4. The Morgan fingerprint density at radius 3 is 2.55 bits per heavy atom. The highest BCUT2D eigenvalue weighted by atomic mass is 16.5. The first kappa shape index (κ1) is 14.7. The fourth-order valence-corrected chi connectivity index (χ4v) is 3.07. The molecule has 0 bridgehead atoms. The summed E-state index contributed by atoms with van der Waals surface area (Å²) in [5, 5.41) is 8.98. The normalized spacial score (nSPS) is 15.6. The Labute approximate surface area is 129 Å². The Balaban J connectivity index is 1.61. The summed E-state index contributed by atoms with van der Waals surface area (Å²) in [5.74, 6) is 0.294. The van der Waals surface area contributed by atoms with Gasteiger partial charge >= 0.3 is 5.97 Å². The van der Waals surface area contributed by atoms with Crippen LogP contribution in [0.15, 0.2) is 41.0 Å². The summed E-state index contributed by atoms with van der Waals surface area (Å²) in [4.78, 5) is 11.0. The van der Waals surface area contributed by atoms with E-state index < -0.39 is 5.97 Å². The molecule has 0 amide bonds. The topological polar surface area (TPSA) is 59.7 Å². The molecular weight excluding hydrogens is 280 g/mol. The summed E-state index contributed by atoms with van der Waals surface area (Å²) >= 11 is 0. The third-order valence-corrected chi connectivity index (χ3v) is 4.29. The number of carboxylic acid groups (broad SMARTS) is 1. The number of furan rings is 1. The van der Waals surface area contributed by atoms with Gasteiger partial charge in [-0.05, 0) is 42.5 Å². The van der Waals surface area contributed by atoms with Crippen LogP contribution >= 0.6 is 0 Å². The standard InChI is InChI=1S/C18H20O4/c19-18(20)17-15(10-11-21-17)12-22-16-8-6-14(7-9-16)13-4-2-1-3-5-13/h6-11,13H,1-5,12H2,(H,19,20). The van der Waals surface area contributed by atoms with Crippen LogP contribution in [-0.4, -0.2) is 11.1 Å². The average molecular weight is 300 g/mol. The quantitative estimate of drug-likeness (QED) is 0.876. The van der Waals surface area contributed by atoms with Gasteiger partial charge in [0, 0.05) is 5.56 Å². The average Bonchev–Trinajstić information content (AvgIpc) is 3.03. The Hall–Kier alpha value is -2.23. The van der Waals surface area contributed by atoms with Crippen molar-refractivity contribution in [2.75, 3.05) is 0 Å². The fourth-order valence-electron chi connectivity index (χ4n) is 3.07. The molecule has 0 spiro atoms. The van der Waals surface area contributed by atoms with Gasteiger partial charge in [0.25, 0.3) is 0 Å². The molecule has 1 aliphatic rings. The molecule has 116 valence electrons. The van der Waals surface area contributed by atoms with Gasteiger partial charge in [-0.1, -0.05) is 31.4 Å². The van der Waals surface area contributed by atoms with E-state index in [1.165, 1.54) is 43.9 Å². The molecule has 1 saturated carbocycles. The largest absolute Gasteiger partial charge is 0.489 e. The lowest BCUT2D eigenvalue weighted by atomic mass is 9.84. The first-order chi connectivity index (χ1) is 10.7. The SMILES string of the molecule is O=C(O)c1occc1COc1ccc(C2CCCCC2)cc1. The van der Waals surface area contributed by atoms with Gasteiger partial charge < -0.3 is 14.3 Å². The molecule has 1 aromatic carbocycles. The first-order valence-corrected chi connectivity index (χ1v) is 7.76. The molecule has 3 rings (SSSR count). The Bertz CT molecular complexity index is 621. The van der Waals surface area contributed by atoms with Crippen LogP contribution < -0.4 is 4.74 Å². The summed E-state index contributed by atoms with van der Waals surface area (Å²) in [6.07, 6.45) is 7.92. The Morgan fingerprint density at radius 1 is 1.14 bits per heavy atom. The van der Waals surface area contributed by atoms with Crippen molar-refractivity contribution in [3.8, 4) is 5.75 Å². The van der Waals surface area contributed by atoms with E-state index in [0.717, 1.165) is 5.75 Å². The lowest BCUT2D eigenvalue weighted by Gasteiger charge is -2.22. The number of ether oxygens (including phenoxy) is 1. The predicted octanol–water partition coefficient (Wildman–Crippen LogP) is 4.60. The molecule has 0 saturated heterocycles. The van der Waals surface area contributed by atoms with Crippen molar-refractivity contribution in [3.63, 3.8) is 0 Å². The van der Waals surface area contributed by atoms with Crippen LogP contribution in [0.25, 0.3) is 0 Å². The maximum Gasteiger partial charge on any atom is 0.372 e. The van der Waals surface area contributed by atoms with Crippen LogP contribution in [0.4, 0.5) is 0 Å². The second kappa shape index (κ2) is 6.69. The highest BCUT2D eigenvalue weighted by molar-refractivity contribution is 5.86. The van der Waals surface area contributed by atoms with Crippen molar-refractivity contribution < 1.29 is 19.1 Å². The monoisotopic (exact) mass is 300 g/mol.